The Morgan fingerprint density at radius 1 is 1.12 bits per heavy atom. The summed E-state index contributed by atoms with van der Waals surface area (Å²) in [6.45, 7) is 3.26. The Balaban J connectivity index is 1.54. The van der Waals surface area contributed by atoms with Crippen molar-refractivity contribution in [2.75, 3.05) is 33.7 Å². The first-order valence-electron chi connectivity index (χ1n) is 8.82. The van der Waals surface area contributed by atoms with Crippen LogP contribution in [0.3, 0.4) is 0 Å². The van der Waals surface area contributed by atoms with Crippen LogP contribution >= 0.6 is 0 Å². The Morgan fingerprint density at radius 3 is 2.52 bits per heavy atom. The average Bonchev–Trinajstić information content (AvgIpc) is 3.08. The number of hydrogen-bond acceptors (Lipinski definition) is 3. The van der Waals surface area contributed by atoms with Crippen molar-refractivity contribution in [3.63, 3.8) is 0 Å². The molecule has 1 aliphatic heterocycles. The zero-order valence-corrected chi connectivity index (χ0v) is 15.0. The van der Waals surface area contributed by atoms with Gasteiger partial charge < -0.3 is 14.5 Å². The highest BCUT2D eigenvalue weighted by Gasteiger charge is 2.27. The van der Waals surface area contributed by atoms with Crippen LogP contribution in [0.25, 0.3) is 0 Å². The zero-order valence-electron chi connectivity index (χ0n) is 15.0. The van der Waals surface area contributed by atoms with Crippen LogP contribution in [0, 0.1) is 5.92 Å². The van der Waals surface area contributed by atoms with Crippen molar-refractivity contribution < 1.29 is 9.53 Å². The summed E-state index contributed by atoms with van der Waals surface area (Å²) in [6, 6.07) is 17.5. The molecule has 1 heterocycles. The monoisotopic (exact) mass is 338 g/mol. The number of para-hydroxylation sites is 1. The van der Waals surface area contributed by atoms with Gasteiger partial charge in [0.25, 0.3) is 5.91 Å². The van der Waals surface area contributed by atoms with E-state index in [-0.39, 0.29) is 5.91 Å². The molecule has 1 fully saturated rings. The van der Waals surface area contributed by atoms with E-state index in [1.54, 1.807) is 0 Å². The topological polar surface area (TPSA) is 32.8 Å². The van der Waals surface area contributed by atoms with Gasteiger partial charge in [-0.05, 0) is 56.3 Å². The van der Waals surface area contributed by atoms with Gasteiger partial charge in [-0.1, -0.05) is 30.3 Å². The Labute approximate surface area is 150 Å². The third-order valence-electron chi connectivity index (χ3n) is 4.55. The Morgan fingerprint density at radius 2 is 1.84 bits per heavy atom. The number of hydrogen-bond donors (Lipinski definition) is 0. The first kappa shape index (κ1) is 17.5. The normalized spacial score (nSPS) is 17.1. The van der Waals surface area contributed by atoms with Crippen LogP contribution in [0.5, 0.6) is 5.75 Å². The second-order valence-electron chi connectivity index (χ2n) is 6.97. The molecular formula is C21H26N2O2. The highest BCUT2D eigenvalue weighted by atomic mass is 16.5. The van der Waals surface area contributed by atoms with Crippen molar-refractivity contribution in [2.24, 2.45) is 5.92 Å². The maximum Gasteiger partial charge on any atom is 0.253 e. The molecule has 2 aromatic rings. The summed E-state index contributed by atoms with van der Waals surface area (Å²) in [5, 5.41) is 0. The number of ether oxygens (including phenoxy) is 1. The molecular weight excluding hydrogens is 312 g/mol. The molecule has 132 valence electrons. The maximum atomic E-state index is 12.7. The molecule has 0 aromatic heterocycles. The lowest BCUT2D eigenvalue weighted by molar-refractivity contribution is 0.0785. The van der Waals surface area contributed by atoms with Crippen LogP contribution in [-0.4, -0.2) is 49.4 Å². The number of likely N-dealkylation sites (tertiary alicyclic amines) is 1. The quantitative estimate of drug-likeness (QED) is 0.810. The van der Waals surface area contributed by atoms with Crippen LogP contribution < -0.4 is 4.74 Å². The Kier molecular flexibility index (Phi) is 5.71. The van der Waals surface area contributed by atoms with Crippen LogP contribution in [0.15, 0.2) is 54.6 Å². The fraction of sp³-hybridized carbons (Fsp3) is 0.381. The minimum absolute atomic E-state index is 0.136. The second-order valence-corrected chi connectivity index (χ2v) is 6.97. The largest absolute Gasteiger partial charge is 0.489 e. The van der Waals surface area contributed by atoms with E-state index in [1.165, 1.54) is 0 Å². The van der Waals surface area contributed by atoms with Crippen molar-refractivity contribution in [3.8, 4) is 5.75 Å². The summed E-state index contributed by atoms with van der Waals surface area (Å²) < 4.78 is 5.74. The van der Waals surface area contributed by atoms with Crippen LogP contribution in [0.1, 0.15) is 22.3 Å². The second kappa shape index (κ2) is 8.17. The van der Waals surface area contributed by atoms with Gasteiger partial charge in [0.05, 0.1) is 0 Å². The molecule has 1 amide bonds. The Bertz CT molecular complexity index is 683. The highest BCUT2D eigenvalue weighted by Crippen LogP contribution is 2.20. The molecule has 0 radical (unpaired) electrons. The SMILES string of the molecule is CN(C)C[C@H]1CCN(C(=O)c2ccc(COc3ccccc3)cc2)C1. The molecule has 25 heavy (non-hydrogen) atoms. The third-order valence-corrected chi connectivity index (χ3v) is 4.55. The van der Waals surface area contributed by atoms with Gasteiger partial charge in [0, 0.05) is 25.2 Å². The van der Waals surface area contributed by atoms with Crippen molar-refractivity contribution in [2.45, 2.75) is 13.0 Å². The number of amides is 1. The fourth-order valence-corrected chi connectivity index (χ4v) is 3.29. The summed E-state index contributed by atoms with van der Waals surface area (Å²) in [4.78, 5) is 16.8. The number of carbonyl (C=O) groups excluding carboxylic acids is 1. The van der Waals surface area contributed by atoms with E-state index in [4.69, 9.17) is 4.74 Å². The molecule has 1 aliphatic rings. The molecule has 0 spiro atoms. The van der Waals surface area contributed by atoms with E-state index >= 15 is 0 Å². The van der Waals surface area contributed by atoms with Crippen molar-refractivity contribution >= 4 is 5.91 Å². The minimum atomic E-state index is 0.136. The van der Waals surface area contributed by atoms with Gasteiger partial charge in [0.1, 0.15) is 12.4 Å². The van der Waals surface area contributed by atoms with Crippen LogP contribution in [0.4, 0.5) is 0 Å². The third kappa shape index (κ3) is 4.83. The molecule has 0 aliphatic carbocycles. The Hall–Kier alpha value is -2.33. The molecule has 2 aromatic carbocycles. The summed E-state index contributed by atoms with van der Waals surface area (Å²) in [5.74, 6) is 1.57. The minimum Gasteiger partial charge on any atom is -0.489 e. The predicted molar refractivity (Wildman–Crippen MR) is 99.8 cm³/mol. The molecule has 1 atom stereocenters. The smallest absolute Gasteiger partial charge is 0.253 e. The van der Waals surface area contributed by atoms with E-state index in [2.05, 4.69) is 19.0 Å². The fourth-order valence-electron chi connectivity index (χ4n) is 3.29. The lowest BCUT2D eigenvalue weighted by Gasteiger charge is -2.18. The summed E-state index contributed by atoms with van der Waals surface area (Å²) >= 11 is 0. The number of benzene rings is 2. The molecule has 0 N–H and O–H groups in total. The van der Waals surface area contributed by atoms with E-state index < -0.39 is 0 Å². The molecule has 1 saturated heterocycles. The van der Waals surface area contributed by atoms with Gasteiger partial charge >= 0.3 is 0 Å². The number of nitrogens with zero attached hydrogens (tertiary/aromatic N) is 2. The molecule has 3 rings (SSSR count). The number of rotatable bonds is 6. The summed E-state index contributed by atoms with van der Waals surface area (Å²) in [7, 11) is 4.17. The molecule has 4 nitrogen and oxygen atoms in total. The van der Waals surface area contributed by atoms with Gasteiger partial charge in [0.2, 0.25) is 0 Å². The lowest BCUT2D eigenvalue weighted by atomic mass is 10.1. The molecule has 0 unspecified atom stereocenters. The molecule has 4 heteroatoms. The van der Waals surface area contributed by atoms with Gasteiger partial charge in [-0.15, -0.1) is 0 Å². The highest BCUT2D eigenvalue weighted by molar-refractivity contribution is 5.94. The van der Waals surface area contributed by atoms with Crippen molar-refractivity contribution in [1.29, 1.82) is 0 Å². The predicted octanol–water partition coefficient (Wildman–Crippen LogP) is 3.29. The van der Waals surface area contributed by atoms with Crippen LogP contribution in [0.2, 0.25) is 0 Å². The van der Waals surface area contributed by atoms with E-state index in [1.807, 2.05) is 59.5 Å². The molecule has 0 bridgehead atoms. The van der Waals surface area contributed by atoms with Crippen molar-refractivity contribution in [1.82, 2.24) is 9.80 Å². The first-order chi connectivity index (χ1) is 12.1. The van der Waals surface area contributed by atoms with Gasteiger partial charge in [0.15, 0.2) is 0 Å². The standard InChI is InChI=1S/C21H26N2O2/c1-22(2)14-18-12-13-23(15-18)21(24)19-10-8-17(9-11-19)16-25-20-6-4-3-5-7-20/h3-11,18H,12-16H2,1-2H3/t18-/m1/s1. The maximum absolute atomic E-state index is 12.7. The number of carbonyl (C=O) groups is 1. The molecule has 0 saturated carbocycles. The van der Waals surface area contributed by atoms with E-state index in [0.29, 0.717) is 12.5 Å². The van der Waals surface area contributed by atoms with Crippen molar-refractivity contribution in [3.05, 3.63) is 65.7 Å². The van der Waals surface area contributed by atoms with Crippen LogP contribution in [-0.2, 0) is 6.61 Å². The first-order valence-corrected chi connectivity index (χ1v) is 8.82. The van der Waals surface area contributed by atoms with Gasteiger partial charge in [-0.2, -0.15) is 0 Å². The van der Waals surface area contributed by atoms with E-state index in [0.717, 1.165) is 42.9 Å². The zero-order chi connectivity index (χ0) is 17.6. The van der Waals surface area contributed by atoms with Gasteiger partial charge in [-0.25, -0.2) is 0 Å². The summed E-state index contributed by atoms with van der Waals surface area (Å²) in [6.07, 6.45) is 1.09. The lowest BCUT2D eigenvalue weighted by Crippen LogP contribution is -2.30. The average molecular weight is 338 g/mol. The van der Waals surface area contributed by atoms with E-state index in [9.17, 15) is 4.79 Å². The van der Waals surface area contributed by atoms with Gasteiger partial charge in [-0.3, -0.25) is 4.79 Å². The summed E-state index contributed by atoms with van der Waals surface area (Å²) in [5.41, 5.74) is 1.82.